The topological polar surface area (TPSA) is 17.1 Å². The Morgan fingerprint density at radius 3 is 2.29 bits per heavy atom. The Morgan fingerprint density at radius 2 is 1.79 bits per heavy atom. The smallest absolute Gasteiger partial charge is 0.144 e. The normalized spacial score (nSPS) is 9.07. The number of carbonyl (C=O) groups is 1. The molecule has 0 spiro atoms. The first-order valence-electron chi connectivity index (χ1n) is 3.72. The van der Waals surface area contributed by atoms with Crippen LogP contribution >= 0.6 is 0 Å². The third kappa shape index (κ3) is 2.36. The summed E-state index contributed by atoms with van der Waals surface area (Å²) >= 11 is 0. The van der Waals surface area contributed by atoms with Gasteiger partial charge in [0.25, 0.3) is 0 Å². The lowest BCUT2D eigenvalue weighted by Crippen LogP contribution is -1.92. The minimum atomic E-state index is -1.07. The maximum absolute atomic E-state index is 12.9. The van der Waals surface area contributed by atoms with Gasteiger partial charge in [0.1, 0.15) is 23.7 Å². The van der Waals surface area contributed by atoms with Gasteiger partial charge in [0.15, 0.2) is 0 Å². The van der Waals surface area contributed by atoms with E-state index < -0.39 is 23.0 Å². The highest BCUT2D eigenvalue weighted by atomic mass is 19.1. The van der Waals surface area contributed by atoms with Crippen molar-refractivity contribution in [2.24, 2.45) is 0 Å². The monoisotopic (exact) mass is 198 g/mol. The molecule has 14 heavy (non-hydrogen) atoms. The Labute approximate surface area is 78.5 Å². The largest absolute Gasteiger partial charge is 0.302 e. The third-order valence-electron chi connectivity index (χ3n) is 1.41. The molecule has 4 heteroatoms. The van der Waals surface area contributed by atoms with E-state index in [4.69, 9.17) is 0 Å². The summed E-state index contributed by atoms with van der Waals surface area (Å²) in [5.41, 5.74) is -0.520. The van der Waals surface area contributed by atoms with Gasteiger partial charge in [0.2, 0.25) is 0 Å². The Bertz CT molecular complexity index is 392. The highest BCUT2D eigenvalue weighted by Gasteiger charge is 2.08. The second-order valence-electron chi connectivity index (χ2n) is 2.42. The maximum Gasteiger partial charge on any atom is 0.144 e. The van der Waals surface area contributed by atoms with Crippen LogP contribution in [0.5, 0.6) is 0 Å². The molecule has 0 saturated heterocycles. The van der Waals surface area contributed by atoms with Crippen molar-refractivity contribution in [2.45, 2.75) is 6.42 Å². The number of aldehydes is 1. The molecule has 0 fully saturated rings. The van der Waals surface area contributed by atoms with Crippen molar-refractivity contribution in [2.75, 3.05) is 0 Å². The van der Waals surface area contributed by atoms with Crippen LogP contribution in [0.15, 0.2) is 12.1 Å². The summed E-state index contributed by atoms with van der Waals surface area (Å²) in [4.78, 5) is 9.87. The molecule has 0 amide bonds. The second kappa shape index (κ2) is 4.47. The number of halogens is 3. The van der Waals surface area contributed by atoms with Crippen LogP contribution in [0.1, 0.15) is 12.0 Å². The molecule has 0 heterocycles. The maximum atomic E-state index is 12.9. The Morgan fingerprint density at radius 1 is 1.21 bits per heavy atom. The first-order valence-corrected chi connectivity index (χ1v) is 3.72. The molecule has 0 aliphatic rings. The number of rotatable bonds is 1. The molecule has 1 aromatic rings. The molecule has 72 valence electrons. The van der Waals surface area contributed by atoms with Crippen molar-refractivity contribution in [3.8, 4) is 11.8 Å². The quantitative estimate of drug-likeness (QED) is 0.498. The van der Waals surface area contributed by atoms with Crippen LogP contribution in [-0.4, -0.2) is 6.29 Å². The van der Waals surface area contributed by atoms with E-state index in [0.717, 1.165) is 0 Å². The van der Waals surface area contributed by atoms with Crippen LogP contribution in [0.2, 0.25) is 0 Å². The van der Waals surface area contributed by atoms with Crippen molar-refractivity contribution in [3.05, 3.63) is 35.1 Å². The fourth-order valence-electron chi connectivity index (χ4n) is 0.843. The van der Waals surface area contributed by atoms with Crippen LogP contribution in [0.4, 0.5) is 13.2 Å². The molecule has 1 nitrogen and oxygen atoms in total. The zero-order valence-corrected chi connectivity index (χ0v) is 6.98. The molecular weight excluding hydrogens is 193 g/mol. The highest BCUT2D eigenvalue weighted by Crippen LogP contribution is 2.13. The highest BCUT2D eigenvalue weighted by molar-refractivity contribution is 5.55. The molecule has 1 rings (SSSR count). The lowest BCUT2D eigenvalue weighted by Gasteiger charge is -1.96. The number of hydrogen-bond acceptors (Lipinski definition) is 1. The molecule has 0 saturated carbocycles. The fourth-order valence-corrected chi connectivity index (χ4v) is 0.843. The van der Waals surface area contributed by atoms with Gasteiger partial charge < -0.3 is 4.79 Å². The zero-order valence-electron chi connectivity index (χ0n) is 6.98. The van der Waals surface area contributed by atoms with Crippen molar-refractivity contribution in [1.29, 1.82) is 0 Å². The van der Waals surface area contributed by atoms with E-state index in [1.54, 1.807) is 0 Å². The molecule has 0 aromatic heterocycles. The summed E-state index contributed by atoms with van der Waals surface area (Å²) in [6, 6.07) is 1.07. The van der Waals surface area contributed by atoms with Gasteiger partial charge in [-0.25, -0.2) is 13.2 Å². The SMILES string of the molecule is O=CCC#Cc1c(F)cc(F)cc1F. The van der Waals surface area contributed by atoms with Crippen LogP contribution in [-0.2, 0) is 4.79 Å². The Kier molecular flexibility index (Phi) is 3.29. The summed E-state index contributed by atoms with van der Waals surface area (Å²) in [6.45, 7) is 0. The van der Waals surface area contributed by atoms with Gasteiger partial charge in [0, 0.05) is 12.1 Å². The molecule has 0 atom stereocenters. The summed E-state index contributed by atoms with van der Waals surface area (Å²) < 4.78 is 38.1. The standard InChI is InChI=1S/C10H5F3O/c11-7-5-9(12)8(10(13)6-7)3-1-2-4-14/h4-6H,2H2. The molecule has 0 N–H and O–H groups in total. The lowest BCUT2D eigenvalue weighted by atomic mass is 10.2. The van der Waals surface area contributed by atoms with Gasteiger partial charge in [-0.05, 0) is 0 Å². The van der Waals surface area contributed by atoms with Crippen molar-refractivity contribution >= 4 is 6.29 Å². The van der Waals surface area contributed by atoms with Crippen LogP contribution in [0.25, 0.3) is 0 Å². The molecule has 0 bridgehead atoms. The average Bonchev–Trinajstić information content (AvgIpc) is 2.09. The molecule has 0 aliphatic carbocycles. The predicted octanol–water partition coefficient (Wildman–Crippen LogP) is 2.04. The van der Waals surface area contributed by atoms with Crippen LogP contribution < -0.4 is 0 Å². The van der Waals surface area contributed by atoms with Crippen molar-refractivity contribution in [3.63, 3.8) is 0 Å². The summed E-state index contributed by atoms with van der Waals surface area (Å²) in [6.07, 6.45) is 0.391. The Hall–Kier alpha value is -1.76. The number of carbonyl (C=O) groups excluding carboxylic acids is 1. The van der Waals surface area contributed by atoms with Gasteiger partial charge in [-0.2, -0.15) is 0 Å². The minimum absolute atomic E-state index is 0.115. The number of hydrogen-bond donors (Lipinski definition) is 0. The van der Waals surface area contributed by atoms with E-state index in [0.29, 0.717) is 18.4 Å². The third-order valence-corrected chi connectivity index (χ3v) is 1.41. The van der Waals surface area contributed by atoms with Crippen molar-refractivity contribution in [1.82, 2.24) is 0 Å². The van der Waals surface area contributed by atoms with Gasteiger partial charge in [-0.3, -0.25) is 0 Å². The van der Waals surface area contributed by atoms with E-state index in [1.807, 2.05) is 0 Å². The van der Waals surface area contributed by atoms with Crippen LogP contribution in [0, 0.1) is 29.3 Å². The first-order chi connectivity index (χ1) is 6.65. The minimum Gasteiger partial charge on any atom is -0.302 e. The van der Waals surface area contributed by atoms with E-state index in [-0.39, 0.29) is 6.42 Å². The molecular formula is C10H5F3O. The summed E-state index contributed by atoms with van der Waals surface area (Å²) in [7, 11) is 0. The second-order valence-corrected chi connectivity index (χ2v) is 2.42. The molecule has 0 aliphatic heterocycles. The van der Waals surface area contributed by atoms with E-state index in [2.05, 4.69) is 11.8 Å². The molecule has 1 aromatic carbocycles. The fraction of sp³-hybridized carbons (Fsp3) is 0.100. The van der Waals surface area contributed by atoms with Crippen molar-refractivity contribution < 1.29 is 18.0 Å². The van der Waals surface area contributed by atoms with Gasteiger partial charge in [-0.15, -0.1) is 0 Å². The zero-order chi connectivity index (χ0) is 10.6. The Balaban J connectivity index is 3.10. The van der Waals surface area contributed by atoms with Gasteiger partial charge in [-0.1, -0.05) is 11.8 Å². The number of benzene rings is 1. The predicted molar refractivity (Wildman–Crippen MR) is 43.9 cm³/mol. The molecule has 0 radical (unpaired) electrons. The lowest BCUT2D eigenvalue weighted by molar-refractivity contribution is -0.107. The summed E-state index contributed by atoms with van der Waals surface area (Å²) in [5.74, 6) is 1.21. The molecule has 0 unspecified atom stereocenters. The average molecular weight is 198 g/mol. The van der Waals surface area contributed by atoms with Crippen LogP contribution in [0.3, 0.4) is 0 Å². The van der Waals surface area contributed by atoms with E-state index in [9.17, 15) is 18.0 Å². The van der Waals surface area contributed by atoms with Gasteiger partial charge >= 0.3 is 0 Å². The first kappa shape index (κ1) is 10.3. The van der Waals surface area contributed by atoms with Gasteiger partial charge in [0.05, 0.1) is 12.0 Å². The van der Waals surface area contributed by atoms with E-state index >= 15 is 0 Å². The summed E-state index contributed by atoms with van der Waals surface area (Å²) in [5, 5.41) is 0. The van der Waals surface area contributed by atoms with E-state index in [1.165, 1.54) is 0 Å².